The van der Waals surface area contributed by atoms with Crippen LogP contribution >= 0.6 is 69.6 Å². The molecule has 2 atom stereocenters. The zero-order chi connectivity index (χ0) is 14.1. The second kappa shape index (κ2) is 5.83. The van der Waals surface area contributed by atoms with Gasteiger partial charge < -0.3 is 15.2 Å². The minimum atomic E-state index is -2.04. The molecule has 3 N–H and O–H groups in total. The predicted octanol–water partition coefficient (Wildman–Crippen LogP) is 2.06. The first-order valence-corrected chi connectivity index (χ1v) is 6.40. The Bertz CT molecular complexity index is 365. The van der Waals surface area contributed by atoms with E-state index in [2.05, 4.69) is 20.4 Å². The second-order valence-corrected chi connectivity index (χ2v) is 7.73. The van der Waals surface area contributed by atoms with Gasteiger partial charge in [0.25, 0.3) is 0 Å². The number of halogens is 6. The van der Waals surface area contributed by atoms with Gasteiger partial charge in [0.2, 0.25) is 19.8 Å². The summed E-state index contributed by atoms with van der Waals surface area (Å²) in [5, 5.41) is 13.7. The van der Waals surface area contributed by atoms with E-state index in [0.717, 1.165) is 0 Å². The van der Waals surface area contributed by atoms with Crippen LogP contribution in [0.25, 0.3) is 0 Å². The van der Waals surface area contributed by atoms with E-state index in [0.29, 0.717) is 0 Å². The highest BCUT2D eigenvalue weighted by Crippen LogP contribution is 2.34. The molecule has 1 heterocycles. The molecule has 0 aromatic heterocycles. The molecule has 1 rings (SSSR count). The van der Waals surface area contributed by atoms with Crippen LogP contribution in [-0.2, 0) is 4.74 Å². The fraction of sp³-hybridized carbons (Fsp3) is 0.667. The fourth-order valence-corrected chi connectivity index (χ4v) is 1.27. The predicted molar refractivity (Wildman–Crippen MR) is 70.6 cm³/mol. The summed E-state index contributed by atoms with van der Waals surface area (Å²) < 4.78 is 0.577. The average molecular weight is 380 g/mol. The smallest absolute Gasteiger partial charge is 0.416 e. The summed E-state index contributed by atoms with van der Waals surface area (Å²) in [6.45, 7) is 0. The monoisotopic (exact) mass is 377 g/mol. The number of carbonyl (C=O) groups is 1. The number of cyclic esters (lactones) is 1. The number of hydrogen-bond acceptors (Lipinski definition) is 5. The number of carbonyl (C=O) groups excluding carboxylic acids is 1. The topological polar surface area (TPSA) is 83.0 Å². The Morgan fingerprint density at radius 3 is 2.33 bits per heavy atom. The third-order valence-electron chi connectivity index (χ3n) is 1.55. The molecule has 2 unspecified atom stereocenters. The van der Waals surface area contributed by atoms with Crippen molar-refractivity contribution in [2.24, 2.45) is 4.99 Å². The maximum absolute atomic E-state index is 11.2. The summed E-state index contributed by atoms with van der Waals surface area (Å²) in [7, 11) is 0. The number of alkyl halides is 6. The maximum atomic E-state index is 11.2. The molecule has 6 nitrogen and oxygen atoms in total. The van der Waals surface area contributed by atoms with Crippen molar-refractivity contribution in [3.63, 3.8) is 0 Å². The number of aliphatic imine (C=N–C) groups is 1. The summed E-state index contributed by atoms with van der Waals surface area (Å²) in [6, 6.07) is 0. The van der Waals surface area contributed by atoms with E-state index >= 15 is 0 Å². The highest BCUT2D eigenvalue weighted by Gasteiger charge is 2.40. The molecule has 0 aliphatic carbocycles. The van der Waals surface area contributed by atoms with Crippen LogP contribution in [0.3, 0.4) is 0 Å². The molecule has 0 saturated carbocycles. The lowest BCUT2D eigenvalue weighted by Gasteiger charge is -2.28. The Kier molecular flexibility index (Phi) is 5.34. The van der Waals surface area contributed by atoms with Crippen molar-refractivity contribution in [2.75, 3.05) is 0 Å². The minimum absolute atomic E-state index is 0.263. The van der Waals surface area contributed by atoms with Crippen molar-refractivity contribution in [1.29, 1.82) is 0 Å². The van der Waals surface area contributed by atoms with Crippen LogP contribution in [0.1, 0.15) is 0 Å². The Morgan fingerprint density at radius 2 is 1.89 bits per heavy atom. The van der Waals surface area contributed by atoms with Crippen LogP contribution in [0.2, 0.25) is 0 Å². The van der Waals surface area contributed by atoms with Crippen LogP contribution in [-0.4, -0.2) is 37.2 Å². The van der Waals surface area contributed by atoms with Gasteiger partial charge in [-0.1, -0.05) is 69.6 Å². The van der Waals surface area contributed by atoms with E-state index in [9.17, 15) is 9.90 Å². The van der Waals surface area contributed by atoms with Crippen LogP contribution in [0, 0.1) is 0 Å². The number of nitrogens with one attached hydrogen (secondary N) is 2. The fourth-order valence-electron chi connectivity index (χ4n) is 0.828. The third-order valence-corrected chi connectivity index (χ3v) is 2.73. The molecule has 0 fully saturated rings. The number of alkyl carbamates (subject to hydrolysis) is 1. The van der Waals surface area contributed by atoms with E-state index in [-0.39, 0.29) is 5.96 Å². The van der Waals surface area contributed by atoms with Gasteiger partial charge in [-0.15, -0.1) is 0 Å². The Hall–Kier alpha value is 0.440. The number of amides is 1. The van der Waals surface area contributed by atoms with Crippen molar-refractivity contribution in [3.8, 4) is 0 Å². The van der Waals surface area contributed by atoms with E-state index in [1.54, 1.807) is 0 Å². The first kappa shape index (κ1) is 16.5. The molecule has 0 spiro atoms. The lowest BCUT2D eigenvalue weighted by Crippen LogP contribution is -2.54. The highest BCUT2D eigenvalue weighted by atomic mass is 35.6. The number of hydrogen-bond donors (Lipinski definition) is 3. The van der Waals surface area contributed by atoms with Gasteiger partial charge in [0.05, 0.1) is 0 Å². The summed E-state index contributed by atoms with van der Waals surface area (Å²) in [6.07, 6.45) is -3.99. The lowest BCUT2D eigenvalue weighted by molar-refractivity contribution is 0.0980. The van der Waals surface area contributed by atoms with Crippen LogP contribution < -0.4 is 10.6 Å². The molecule has 0 aromatic rings. The molecule has 0 saturated heterocycles. The first-order valence-electron chi connectivity index (χ1n) is 4.13. The number of guanidine groups is 1. The quantitative estimate of drug-likeness (QED) is 0.481. The first-order chi connectivity index (χ1) is 8.00. The lowest BCUT2D eigenvalue weighted by atomic mass is 10.5. The Balaban J connectivity index is 2.82. The van der Waals surface area contributed by atoms with Crippen LogP contribution in [0.5, 0.6) is 0 Å². The summed E-state index contributed by atoms with van der Waals surface area (Å²) in [5.74, 6) is -0.263. The number of aliphatic hydroxyl groups is 1. The van der Waals surface area contributed by atoms with Gasteiger partial charge >= 0.3 is 6.09 Å². The SMILES string of the molecule is O=C1NC(NC(O)C(Cl)(Cl)Cl)=NC(C(Cl)(Cl)Cl)O1. The normalized spacial score (nSPS) is 22.7. The molecule has 12 heteroatoms. The standard InChI is InChI=1S/C6H5Cl6N3O3/c7-5(8,9)1(16)13-3-14-2(6(10,11)12)18-4(17)15-3/h1-2,16H,(H2,13,14,15,17). The van der Waals surface area contributed by atoms with E-state index in [4.69, 9.17) is 69.6 Å². The number of ether oxygens (including phenoxy) is 1. The summed E-state index contributed by atoms with van der Waals surface area (Å²) in [4.78, 5) is 14.8. The molecule has 0 radical (unpaired) electrons. The van der Waals surface area contributed by atoms with E-state index in [1.807, 2.05) is 0 Å². The second-order valence-electron chi connectivity index (χ2n) is 2.99. The zero-order valence-corrected chi connectivity index (χ0v) is 12.7. The maximum Gasteiger partial charge on any atom is 0.416 e. The van der Waals surface area contributed by atoms with E-state index in [1.165, 1.54) is 0 Å². The average Bonchev–Trinajstić information content (AvgIpc) is 2.13. The molecular formula is C6H5Cl6N3O3. The number of nitrogens with zero attached hydrogens (tertiary/aromatic N) is 1. The molecule has 0 bridgehead atoms. The zero-order valence-electron chi connectivity index (χ0n) is 8.13. The van der Waals surface area contributed by atoms with Crippen molar-refractivity contribution in [1.82, 2.24) is 10.6 Å². The Labute approximate surface area is 131 Å². The van der Waals surface area contributed by atoms with E-state index < -0.39 is 26.1 Å². The molecule has 18 heavy (non-hydrogen) atoms. The number of rotatable bonds is 1. The summed E-state index contributed by atoms with van der Waals surface area (Å²) in [5.41, 5.74) is 0. The Morgan fingerprint density at radius 1 is 1.33 bits per heavy atom. The molecular weight excluding hydrogens is 375 g/mol. The van der Waals surface area contributed by atoms with Gasteiger partial charge in [-0.2, -0.15) is 0 Å². The number of aliphatic hydroxyl groups excluding tert-OH is 1. The van der Waals surface area contributed by atoms with Crippen molar-refractivity contribution >= 4 is 81.7 Å². The van der Waals surface area contributed by atoms with Gasteiger partial charge in [-0.25, -0.2) is 9.79 Å². The molecule has 0 aromatic carbocycles. The molecule has 1 aliphatic rings. The van der Waals surface area contributed by atoms with Crippen molar-refractivity contribution < 1.29 is 14.6 Å². The van der Waals surface area contributed by atoms with Crippen LogP contribution in [0.15, 0.2) is 4.99 Å². The van der Waals surface area contributed by atoms with Crippen LogP contribution in [0.4, 0.5) is 4.79 Å². The van der Waals surface area contributed by atoms with Gasteiger partial charge in [0, 0.05) is 0 Å². The summed E-state index contributed by atoms with van der Waals surface area (Å²) >= 11 is 32.8. The van der Waals surface area contributed by atoms with Crippen molar-refractivity contribution in [2.45, 2.75) is 20.0 Å². The highest BCUT2D eigenvalue weighted by molar-refractivity contribution is 6.68. The largest absolute Gasteiger partial charge is 0.418 e. The van der Waals surface area contributed by atoms with Gasteiger partial charge in [-0.3, -0.25) is 5.32 Å². The molecule has 1 amide bonds. The third kappa shape index (κ3) is 4.85. The minimum Gasteiger partial charge on any atom is -0.418 e. The van der Waals surface area contributed by atoms with Gasteiger partial charge in [0.15, 0.2) is 6.23 Å². The molecule has 1 aliphatic heterocycles. The van der Waals surface area contributed by atoms with Gasteiger partial charge in [0.1, 0.15) is 0 Å². The molecule has 104 valence electrons. The van der Waals surface area contributed by atoms with Gasteiger partial charge in [-0.05, 0) is 0 Å². The van der Waals surface area contributed by atoms with Crippen molar-refractivity contribution in [3.05, 3.63) is 0 Å².